The van der Waals surface area contributed by atoms with Crippen LogP contribution >= 0.6 is 0 Å². The summed E-state index contributed by atoms with van der Waals surface area (Å²) < 4.78 is 16.8. The first-order chi connectivity index (χ1) is 30.0. The number of carbonyl (C=O) groups is 3. The third kappa shape index (κ3) is 48.0. The van der Waals surface area contributed by atoms with Crippen molar-refractivity contribution >= 4 is 17.9 Å². The smallest absolute Gasteiger partial charge is 0.306 e. The van der Waals surface area contributed by atoms with Crippen molar-refractivity contribution in [2.24, 2.45) is 0 Å². The number of hydrogen-bond donors (Lipinski definition) is 0. The molecule has 0 rings (SSSR count). The molecular weight excluding hydrogens is 757 g/mol. The zero-order chi connectivity index (χ0) is 44.4. The molecule has 0 aliphatic heterocycles. The van der Waals surface area contributed by atoms with Crippen molar-refractivity contribution in [2.45, 2.75) is 258 Å². The van der Waals surface area contributed by atoms with E-state index in [1.807, 2.05) is 0 Å². The van der Waals surface area contributed by atoms with Crippen molar-refractivity contribution in [3.05, 3.63) is 60.8 Å². The molecule has 0 radical (unpaired) electrons. The van der Waals surface area contributed by atoms with Crippen LogP contribution in [0.4, 0.5) is 0 Å². The van der Waals surface area contributed by atoms with Gasteiger partial charge in [-0.3, -0.25) is 14.4 Å². The fourth-order valence-electron chi connectivity index (χ4n) is 7.01. The Morgan fingerprint density at radius 1 is 0.328 bits per heavy atom. The van der Waals surface area contributed by atoms with E-state index in [4.69, 9.17) is 14.2 Å². The van der Waals surface area contributed by atoms with Gasteiger partial charge in [0.2, 0.25) is 0 Å². The van der Waals surface area contributed by atoms with Gasteiger partial charge in [0.05, 0.1) is 0 Å². The van der Waals surface area contributed by atoms with E-state index >= 15 is 0 Å². The molecule has 0 aliphatic rings. The van der Waals surface area contributed by atoms with Gasteiger partial charge in [-0.2, -0.15) is 0 Å². The molecule has 0 heterocycles. The maximum absolute atomic E-state index is 12.8. The summed E-state index contributed by atoms with van der Waals surface area (Å²) >= 11 is 0. The van der Waals surface area contributed by atoms with E-state index in [-0.39, 0.29) is 31.1 Å². The van der Waals surface area contributed by atoms with Crippen LogP contribution in [-0.4, -0.2) is 37.2 Å². The number of ether oxygens (including phenoxy) is 3. The predicted molar refractivity (Wildman–Crippen MR) is 261 cm³/mol. The molecule has 61 heavy (non-hydrogen) atoms. The van der Waals surface area contributed by atoms with Crippen LogP contribution in [0.3, 0.4) is 0 Å². The fraction of sp³-hybridized carbons (Fsp3) is 0.764. The van der Waals surface area contributed by atoms with Crippen molar-refractivity contribution in [3.8, 4) is 0 Å². The summed E-state index contributed by atoms with van der Waals surface area (Å²) in [6, 6.07) is 0. The number of esters is 3. The highest BCUT2D eigenvalue weighted by atomic mass is 16.6. The Labute approximate surface area is 377 Å². The first-order valence-corrected chi connectivity index (χ1v) is 25.8. The van der Waals surface area contributed by atoms with E-state index in [2.05, 4.69) is 81.5 Å². The van der Waals surface area contributed by atoms with Gasteiger partial charge < -0.3 is 14.2 Å². The summed E-state index contributed by atoms with van der Waals surface area (Å²) in [6.07, 6.45) is 60.5. The topological polar surface area (TPSA) is 78.9 Å². The molecule has 6 heteroatoms. The number of carbonyl (C=O) groups excluding carboxylic acids is 3. The van der Waals surface area contributed by atoms with Gasteiger partial charge in [0.15, 0.2) is 6.10 Å². The summed E-state index contributed by atoms with van der Waals surface area (Å²) in [6.45, 7) is 6.52. The lowest BCUT2D eigenvalue weighted by Crippen LogP contribution is -2.30. The minimum Gasteiger partial charge on any atom is -0.462 e. The quantitative estimate of drug-likeness (QED) is 0.0263. The zero-order valence-corrected chi connectivity index (χ0v) is 40.2. The Bertz CT molecular complexity index is 1120. The molecule has 0 N–H and O–H groups in total. The Hall–Kier alpha value is -2.89. The summed E-state index contributed by atoms with van der Waals surface area (Å²) in [5.74, 6) is -0.914. The molecule has 0 aromatic carbocycles. The highest BCUT2D eigenvalue weighted by Gasteiger charge is 2.19. The van der Waals surface area contributed by atoms with Gasteiger partial charge in [-0.05, 0) is 103 Å². The summed E-state index contributed by atoms with van der Waals surface area (Å²) in [4.78, 5) is 37.9. The minimum atomic E-state index is -0.787. The molecule has 0 amide bonds. The van der Waals surface area contributed by atoms with Crippen LogP contribution in [0.25, 0.3) is 0 Å². The Morgan fingerprint density at radius 2 is 0.607 bits per heavy atom. The first kappa shape index (κ1) is 58.1. The van der Waals surface area contributed by atoms with E-state index in [1.165, 1.54) is 109 Å². The molecule has 0 saturated carbocycles. The number of rotatable bonds is 46. The third-order valence-corrected chi connectivity index (χ3v) is 11.0. The van der Waals surface area contributed by atoms with Gasteiger partial charge in [0, 0.05) is 19.3 Å². The second kappa shape index (κ2) is 49.8. The van der Waals surface area contributed by atoms with E-state index in [0.29, 0.717) is 19.3 Å². The molecule has 0 bridgehead atoms. The van der Waals surface area contributed by atoms with Crippen molar-refractivity contribution < 1.29 is 28.6 Å². The van der Waals surface area contributed by atoms with Crippen molar-refractivity contribution in [1.29, 1.82) is 0 Å². The van der Waals surface area contributed by atoms with Gasteiger partial charge in [-0.1, -0.05) is 191 Å². The second-order valence-electron chi connectivity index (χ2n) is 17.1. The lowest BCUT2D eigenvalue weighted by molar-refractivity contribution is -0.167. The fourth-order valence-corrected chi connectivity index (χ4v) is 7.01. The highest BCUT2D eigenvalue weighted by molar-refractivity contribution is 5.71. The van der Waals surface area contributed by atoms with Gasteiger partial charge in [-0.15, -0.1) is 0 Å². The Morgan fingerprint density at radius 3 is 0.967 bits per heavy atom. The molecule has 1 unspecified atom stereocenters. The molecule has 0 aliphatic carbocycles. The van der Waals surface area contributed by atoms with Crippen molar-refractivity contribution in [2.75, 3.05) is 13.2 Å². The van der Waals surface area contributed by atoms with E-state index in [0.717, 1.165) is 103 Å². The molecule has 6 nitrogen and oxygen atoms in total. The highest BCUT2D eigenvalue weighted by Crippen LogP contribution is 2.14. The van der Waals surface area contributed by atoms with Gasteiger partial charge in [0.25, 0.3) is 0 Å². The van der Waals surface area contributed by atoms with Crippen molar-refractivity contribution in [1.82, 2.24) is 0 Å². The van der Waals surface area contributed by atoms with Crippen LogP contribution in [0, 0.1) is 0 Å². The van der Waals surface area contributed by atoms with Crippen LogP contribution in [0.15, 0.2) is 60.8 Å². The molecule has 0 aromatic heterocycles. The lowest BCUT2D eigenvalue weighted by Gasteiger charge is -2.18. The van der Waals surface area contributed by atoms with Crippen molar-refractivity contribution in [3.63, 3.8) is 0 Å². The Kier molecular flexibility index (Phi) is 47.4. The molecule has 352 valence electrons. The van der Waals surface area contributed by atoms with E-state index in [1.54, 1.807) is 0 Å². The van der Waals surface area contributed by atoms with E-state index in [9.17, 15) is 14.4 Å². The normalized spacial score (nSPS) is 12.5. The molecule has 0 fully saturated rings. The van der Waals surface area contributed by atoms with Crippen LogP contribution in [0.5, 0.6) is 0 Å². The average molecular weight is 853 g/mol. The summed E-state index contributed by atoms with van der Waals surface area (Å²) in [5, 5.41) is 0. The molecule has 0 spiro atoms. The maximum atomic E-state index is 12.8. The minimum absolute atomic E-state index is 0.0867. The number of unbranched alkanes of at least 4 members (excludes halogenated alkanes) is 25. The largest absolute Gasteiger partial charge is 0.462 e. The van der Waals surface area contributed by atoms with Crippen LogP contribution < -0.4 is 0 Å². The lowest BCUT2D eigenvalue weighted by atomic mass is 10.1. The van der Waals surface area contributed by atoms with E-state index < -0.39 is 6.10 Å². The molecule has 0 saturated heterocycles. The monoisotopic (exact) mass is 853 g/mol. The molecule has 1 atom stereocenters. The SMILES string of the molecule is CCCC/C=C\C/C=C\CCCCCCCC(=O)OC(COC(=O)CCCCCCC/C=C\CCCCC)COC(=O)CCCCCCCCC/C=C\C/C=C\CCCCC. The average Bonchev–Trinajstić information content (AvgIpc) is 3.26. The van der Waals surface area contributed by atoms with Gasteiger partial charge in [0.1, 0.15) is 13.2 Å². The van der Waals surface area contributed by atoms with Crippen LogP contribution in [0.1, 0.15) is 252 Å². The third-order valence-electron chi connectivity index (χ3n) is 11.0. The molecule has 0 aromatic rings. The maximum Gasteiger partial charge on any atom is 0.306 e. The van der Waals surface area contributed by atoms with Gasteiger partial charge in [-0.25, -0.2) is 0 Å². The number of allylic oxidation sites excluding steroid dienone is 10. The van der Waals surface area contributed by atoms with Crippen LogP contribution in [0.2, 0.25) is 0 Å². The van der Waals surface area contributed by atoms with Crippen LogP contribution in [-0.2, 0) is 28.6 Å². The predicted octanol–water partition coefficient (Wildman–Crippen LogP) is 16.9. The summed E-state index contributed by atoms with van der Waals surface area (Å²) in [7, 11) is 0. The second-order valence-corrected chi connectivity index (χ2v) is 17.1. The zero-order valence-electron chi connectivity index (χ0n) is 40.2. The van der Waals surface area contributed by atoms with Gasteiger partial charge >= 0.3 is 17.9 Å². The number of hydrogen-bond acceptors (Lipinski definition) is 6. The Balaban J connectivity index is 4.40. The first-order valence-electron chi connectivity index (χ1n) is 25.8. The summed E-state index contributed by atoms with van der Waals surface area (Å²) in [5.41, 5.74) is 0. The standard InChI is InChI=1S/C55H96O6/c1-4-7-10-13-16-19-22-25-27-28-29-31-33-36-39-42-45-48-54(57)60-51-52(50-59-53(56)47-44-41-38-35-32-24-21-18-15-12-9-6-3)61-55(58)49-46-43-40-37-34-30-26-23-20-17-14-11-8-5-2/h14,16-19,21,23,25-27,52H,4-13,15,20,22,24,28-51H2,1-3H3/b17-14-,19-16-,21-18-,26-23-,27-25-. The molecular formula is C55H96O6.